The number of hydrogen-bond donors (Lipinski definition) is 0. The van der Waals surface area contributed by atoms with E-state index >= 15 is 0 Å². The summed E-state index contributed by atoms with van der Waals surface area (Å²) in [6.45, 7) is 3.61. The fourth-order valence-electron chi connectivity index (χ4n) is 4.25. The summed E-state index contributed by atoms with van der Waals surface area (Å²) in [5, 5.41) is 8.91. The van der Waals surface area contributed by atoms with E-state index in [1.54, 1.807) is 0 Å². The summed E-state index contributed by atoms with van der Waals surface area (Å²) >= 11 is 0. The minimum Gasteiger partial charge on any atom is -0.466 e. The van der Waals surface area contributed by atoms with Crippen LogP contribution in [0.25, 0.3) is 22.4 Å². The van der Waals surface area contributed by atoms with E-state index in [0.717, 1.165) is 65.6 Å². The van der Waals surface area contributed by atoms with Crippen LogP contribution < -0.4 is 0 Å². The molecule has 158 valence electrons. The lowest BCUT2D eigenvalue weighted by Gasteiger charge is -2.14. The molecular weight excluding hydrogens is 394 g/mol. The maximum absolute atomic E-state index is 13.2. The molecule has 1 aliphatic rings. The molecule has 1 aliphatic carbocycles. The summed E-state index contributed by atoms with van der Waals surface area (Å²) < 4.78 is 16.8. The molecule has 0 spiro atoms. The van der Waals surface area contributed by atoms with Crippen LogP contribution in [0, 0.1) is 13.8 Å². The van der Waals surface area contributed by atoms with Crippen LogP contribution in [-0.2, 0) is 24.2 Å². The number of aryl methyl sites for hydroxylation is 3. The van der Waals surface area contributed by atoms with E-state index in [9.17, 15) is 4.79 Å². The van der Waals surface area contributed by atoms with Crippen LogP contribution in [0.3, 0.4) is 0 Å². The van der Waals surface area contributed by atoms with Crippen LogP contribution in [-0.4, -0.2) is 21.2 Å². The molecule has 0 fully saturated rings. The molecule has 0 atom stereocenters. The van der Waals surface area contributed by atoms with Gasteiger partial charge in [0, 0.05) is 11.1 Å². The van der Waals surface area contributed by atoms with Crippen molar-refractivity contribution in [1.29, 1.82) is 0 Å². The lowest BCUT2D eigenvalue weighted by Crippen LogP contribution is -2.12. The number of hydrogen-bond acceptors (Lipinski definition) is 7. The zero-order valence-corrected chi connectivity index (χ0v) is 17.6. The van der Waals surface area contributed by atoms with Crippen molar-refractivity contribution in [2.45, 2.75) is 52.6 Å². The third-order valence-electron chi connectivity index (χ3n) is 5.69. The number of rotatable bonds is 4. The second-order valence-electron chi connectivity index (χ2n) is 7.89. The van der Waals surface area contributed by atoms with Gasteiger partial charge in [-0.2, -0.15) is 0 Å². The van der Waals surface area contributed by atoms with Gasteiger partial charge in [0.2, 0.25) is 0 Å². The lowest BCUT2D eigenvalue weighted by molar-refractivity contribution is 0.0439. The van der Waals surface area contributed by atoms with Gasteiger partial charge in [0.25, 0.3) is 11.8 Å². The highest BCUT2D eigenvalue weighted by Gasteiger charge is 2.23. The van der Waals surface area contributed by atoms with E-state index in [4.69, 9.17) is 18.6 Å². The SMILES string of the molecule is Cc1cc(-c2nnc(COC(=O)c3c4c(nc5ccccc35)CCCCC4)o2)c(C)o1. The van der Waals surface area contributed by atoms with E-state index < -0.39 is 0 Å². The Hall–Kier alpha value is -3.48. The average Bonchev–Trinajstić information content (AvgIpc) is 3.28. The number of carbonyl (C=O) groups excluding carboxylic acids is 1. The first-order valence-electron chi connectivity index (χ1n) is 10.6. The van der Waals surface area contributed by atoms with Crippen molar-refractivity contribution in [2.75, 3.05) is 0 Å². The predicted molar refractivity (Wildman–Crippen MR) is 114 cm³/mol. The van der Waals surface area contributed by atoms with E-state index in [1.807, 2.05) is 44.2 Å². The number of carbonyl (C=O) groups is 1. The highest BCUT2D eigenvalue weighted by molar-refractivity contribution is 6.05. The molecule has 0 N–H and O–H groups in total. The van der Waals surface area contributed by atoms with Crippen LogP contribution in [0.5, 0.6) is 0 Å². The molecule has 0 amide bonds. The normalized spacial score (nSPS) is 13.7. The number of pyridine rings is 1. The first-order chi connectivity index (χ1) is 15.1. The zero-order valence-electron chi connectivity index (χ0n) is 17.6. The quantitative estimate of drug-likeness (QED) is 0.336. The molecule has 5 rings (SSSR count). The van der Waals surface area contributed by atoms with Gasteiger partial charge in [0.1, 0.15) is 11.5 Å². The topological polar surface area (TPSA) is 91.2 Å². The monoisotopic (exact) mass is 417 g/mol. The van der Waals surface area contributed by atoms with Gasteiger partial charge in [-0.05, 0) is 57.2 Å². The van der Waals surface area contributed by atoms with Crippen molar-refractivity contribution in [3.8, 4) is 11.5 Å². The third kappa shape index (κ3) is 3.71. The summed E-state index contributed by atoms with van der Waals surface area (Å²) in [4.78, 5) is 18.0. The number of esters is 1. The Labute approximate surface area is 179 Å². The number of furan rings is 1. The number of benzene rings is 1. The molecule has 0 unspecified atom stereocenters. The maximum Gasteiger partial charge on any atom is 0.339 e. The van der Waals surface area contributed by atoms with Crippen LogP contribution in [0.2, 0.25) is 0 Å². The Morgan fingerprint density at radius 3 is 2.74 bits per heavy atom. The summed E-state index contributed by atoms with van der Waals surface area (Å²) in [6.07, 6.45) is 4.99. The molecule has 4 aromatic rings. The molecule has 7 nitrogen and oxygen atoms in total. The molecule has 0 saturated carbocycles. The van der Waals surface area contributed by atoms with E-state index in [0.29, 0.717) is 17.2 Å². The Kier molecular flexibility index (Phi) is 5.02. The standard InChI is InChI=1S/C24H23N3O4/c1-14-12-18(15(2)30-14)23-27-26-21(31-23)13-29-24(28)22-16-8-4-3-5-10-19(16)25-20-11-7-6-9-17(20)22/h6-7,9,11-12H,3-5,8,10,13H2,1-2H3. The van der Waals surface area contributed by atoms with Gasteiger partial charge < -0.3 is 13.6 Å². The van der Waals surface area contributed by atoms with Crippen LogP contribution in [0.15, 0.2) is 39.2 Å². The molecule has 31 heavy (non-hydrogen) atoms. The van der Waals surface area contributed by atoms with Gasteiger partial charge >= 0.3 is 5.97 Å². The van der Waals surface area contributed by atoms with E-state index in [1.165, 1.54) is 0 Å². The second kappa shape index (κ2) is 7.98. The van der Waals surface area contributed by atoms with Crippen LogP contribution in [0.1, 0.15) is 58.3 Å². The minimum absolute atomic E-state index is 0.0901. The van der Waals surface area contributed by atoms with Crippen molar-refractivity contribution in [3.63, 3.8) is 0 Å². The summed E-state index contributed by atoms with van der Waals surface area (Å²) in [5.74, 6) is 1.68. The van der Waals surface area contributed by atoms with Gasteiger partial charge in [0.05, 0.1) is 16.6 Å². The van der Waals surface area contributed by atoms with Gasteiger partial charge in [0.15, 0.2) is 6.61 Å². The van der Waals surface area contributed by atoms with E-state index in [2.05, 4.69) is 10.2 Å². The van der Waals surface area contributed by atoms with Crippen molar-refractivity contribution < 1.29 is 18.4 Å². The van der Waals surface area contributed by atoms with Gasteiger partial charge in [-0.3, -0.25) is 4.98 Å². The molecular formula is C24H23N3O4. The zero-order chi connectivity index (χ0) is 21.4. The van der Waals surface area contributed by atoms with E-state index in [-0.39, 0.29) is 18.5 Å². The highest BCUT2D eigenvalue weighted by atomic mass is 16.5. The first kappa shape index (κ1) is 19.5. The Bertz CT molecular complexity index is 1270. The third-order valence-corrected chi connectivity index (χ3v) is 5.69. The van der Waals surface area contributed by atoms with Gasteiger partial charge in [-0.1, -0.05) is 24.6 Å². The molecule has 0 aliphatic heterocycles. The number of ether oxygens (including phenoxy) is 1. The van der Waals surface area contributed by atoms with Gasteiger partial charge in [-0.25, -0.2) is 4.79 Å². The first-order valence-corrected chi connectivity index (χ1v) is 10.6. The maximum atomic E-state index is 13.2. The number of para-hydroxylation sites is 1. The molecule has 1 aromatic carbocycles. The lowest BCUT2D eigenvalue weighted by atomic mass is 9.97. The van der Waals surface area contributed by atoms with Crippen LogP contribution in [0.4, 0.5) is 0 Å². The smallest absolute Gasteiger partial charge is 0.339 e. The summed E-state index contributed by atoms with van der Waals surface area (Å²) in [5.41, 5.74) is 4.20. The molecule has 0 radical (unpaired) electrons. The number of nitrogens with zero attached hydrogens (tertiary/aromatic N) is 3. The van der Waals surface area contributed by atoms with Crippen molar-refractivity contribution in [2.24, 2.45) is 0 Å². The molecule has 3 heterocycles. The van der Waals surface area contributed by atoms with Crippen molar-refractivity contribution >= 4 is 16.9 Å². The molecule has 7 heteroatoms. The summed E-state index contributed by atoms with van der Waals surface area (Å²) in [6, 6.07) is 9.57. The van der Waals surface area contributed by atoms with Crippen LogP contribution >= 0.6 is 0 Å². The largest absolute Gasteiger partial charge is 0.466 e. The molecule has 0 saturated heterocycles. The van der Waals surface area contributed by atoms with Gasteiger partial charge in [-0.15, -0.1) is 10.2 Å². The highest BCUT2D eigenvalue weighted by Crippen LogP contribution is 2.30. The average molecular weight is 417 g/mol. The number of fused-ring (bicyclic) bond motifs is 2. The Morgan fingerprint density at radius 2 is 1.90 bits per heavy atom. The fourth-order valence-corrected chi connectivity index (χ4v) is 4.25. The fraction of sp³-hybridized carbons (Fsp3) is 0.333. The summed E-state index contributed by atoms with van der Waals surface area (Å²) in [7, 11) is 0. The Morgan fingerprint density at radius 1 is 1.06 bits per heavy atom. The Balaban J connectivity index is 1.42. The predicted octanol–water partition coefficient (Wildman–Crippen LogP) is 5.12. The van der Waals surface area contributed by atoms with Crippen molar-refractivity contribution in [1.82, 2.24) is 15.2 Å². The molecule has 3 aromatic heterocycles. The number of aromatic nitrogens is 3. The van der Waals surface area contributed by atoms with Crippen molar-refractivity contribution in [3.05, 3.63) is 64.6 Å². The molecule has 0 bridgehead atoms. The second-order valence-corrected chi connectivity index (χ2v) is 7.89. The minimum atomic E-state index is -0.383.